The first kappa shape index (κ1) is 10.7. The number of rotatable bonds is 3. The van der Waals surface area contributed by atoms with Gasteiger partial charge in [0.15, 0.2) is 13.2 Å². The van der Waals surface area contributed by atoms with E-state index in [1.165, 1.54) is 12.0 Å². The molecule has 0 saturated heterocycles. The molecule has 1 aromatic heterocycles. The fourth-order valence-corrected chi connectivity index (χ4v) is 1.46. The summed E-state index contributed by atoms with van der Waals surface area (Å²) in [6, 6.07) is 0. The van der Waals surface area contributed by atoms with Gasteiger partial charge in [0.1, 0.15) is 9.33 Å². The lowest BCUT2D eigenvalue weighted by Gasteiger charge is -2.08. The average molecular weight is 217 g/mol. The lowest BCUT2D eigenvalue weighted by molar-refractivity contribution is -0.928. The van der Waals surface area contributed by atoms with Crippen LogP contribution in [0.3, 0.4) is 0 Å². The summed E-state index contributed by atoms with van der Waals surface area (Å²) in [6.45, 7) is 3.79. The Labute approximate surface area is 85.5 Å². The van der Waals surface area contributed by atoms with Crippen molar-refractivity contribution >= 4 is 22.6 Å². The Morgan fingerprint density at radius 1 is 1.71 bits per heavy atom. The molecule has 0 aliphatic carbocycles. The second-order valence-electron chi connectivity index (χ2n) is 2.33. The lowest BCUT2D eigenvalue weighted by atomic mass is 10.5. The summed E-state index contributed by atoms with van der Waals surface area (Å²) in [5.74, 6) is 0. The van der Waals surface area contributed by atoms with Gasteiger partial charge in [0.05, 0.1) is 11.5 Å². The maximum Gasteiger partial charge on any atom is 0.301 e. The van der Waals surface area contributed by atoms with Gasteiger partial charge in [-0.1, -0.05) is 6.92 Å². The molecule has 1 aromatic rings. The van der Waals surface area contributed by atoms with E-state index in [1.807, 2.05) is 0 Å². The maximum absolute atomic E-state index is 11.0. The van der Waals surface area contributed by atoms with Crippen molar-refractivity contribution in [1.29, 1.82) is 0 Å². The second kappa shape index (κ2) is 4.75. The largest absolute Gasteiger partial charge is 0.600 e. The van der Waals surface area contributed by atoms with Crippen LogP contribution in [0.5, 0.6) is 0 Å². The van der Waals surface area contributed by atoms with Crippen molar-refractivity contribution in [2.24, 2.45) is 4.99 Å². The molecule has 1 rings (SSSR count). The number of hydrogen-bond donors (Lipinski definition) is 0. The Bertz CT molecular complexity index is 337. The molecule has 0 fully saturated rings. The average Bonchev–Trinajstić information content (AvgIpc) is 2.48. The van der Waals surface area contributed by atoms with Gasteiger partial charge >= 0.3 is 5.69 Å². The van der Waals surface area contributed by atoms with Gasteiger partial charge in [-0.25, -0.2) is 9.83 Å². The van der Waals surface area contributed by atoms with Gasteiger partial charge in [-0.2, -0.15) is 0 Å². The van der Waals surface area contributed by atoms with Crippen LogP contribution in [0.25, 0.3) is 0 Å². The molecule has 0 aliphatic rings. The lowest BCUT2D eigenvalue weighted by Crippen LogP contribution is -2.44. The first-order valence-corrected chi connectivity index (χ1v) is 4.78. The molecule has 7 heteroatoms. The Morgan fingerprint density at radius 2 is 2.43 bits per heavy atom. The molecule has 6 nitrogen and oxygen atoms in total. The van der Waals surface area contributed by atoms with Gasteiger partial charge in [-0.05, 0) is 6.61 Å². The van der Waals surface area contributed by atoms with Crippen LogP contribution in [0.4, 0.5) is 5.00 Å². The van der Waals surface area contributed by atoms with E-state index in [9.17, 15) is 5.11 Å². The molecule has 0 amide bonds. The van der Waals surface area contributed by atoms with Crippen LogP contribution in [0.1, 0.15) is 12.6 Å². The van der Waals surface area contributed by atoms with E-state index in [4.69, 9.17) is 4.84 Å². The van der Waals surface area contributed by atoms with Crippen LogP contribution >= 0.6 is 11.5 Å². The van der Waals surface area contributed by atoms with E-state index in [-0.39, 0.29) is 0 Å². The molecule has 0 N–H and O–H groups in total. The summed E-state index contributed by atoms with van der Waals surface area (Å²) in [5.41, 5.74) is 0.672. The smallest absolute Gasteiger partial charge is 0.301 e. The van der Waals surface area contributed by atoms with Crippen molar-refractivity contribution in [3.63, 3.8) is 0 Å². The van der Waals surface area contributed by atoms with Crippen LogP contribution in [0, 0.1) is 6.92 Å². The van der Waals surface area contributed by atoms with Gasteiger partial charge < -0.3 is 9.84 Å². The van der Waals surface area contributed by atoms with Crippen LogP contribution in [-0.4, -0.2) is 24.3 Å². The van der Waals surface area contributed by atoms with Crippen molar-refractivity contribution in [3.8, 4) is 0 Å². The zero-order valence-electron chi connectivity index (χ0n) is 8.18. The maximum atomic E-state index is 11.0. The highest BCUT2D eigenvalue weighted by Crippen LogP contribution is 2.18. The number of nitrogens with zero attached hydrogens (tertiary/aromatic N) is 3. The van der Waals surface area contributed by atoms with Crippen LogP contribution in [0.15, 0.2) is 4.99 Å². The Morgan fingerprint density at radius 3 is 2.93 bits per heavy atom. The molecule has 0 atom stereocenters. The number of aliphatic imine (C=N–C) groups is 1. The molecule has 0 aromatic carbocycles. The first-order chi connectivity index (χ1) is 6.69. The van der Waals surface area contributed by atoms with E-state index >= 15 is 0 Å². The van der Waals surface area contributed by atoms with E-state index in [0.717, 1.165) is 11.5 Å². The molecule has 0 bridgehead atoms. The molecule has 0 aliphatic heterocycles. The SMILES string of the molecule is CCOC([O-])=Nc1sn[n+](OC)c1C. The van der Waals surface area contributed by atoms with E-state index in [0.29, 0.717) is 17.3 Å². The summed E-state index contributed by atoms with van der Waals surface area (Å²) >= 11 is 1.08. The normalized spacial score (nSPS) is 11.5. The van der Waals surface area contributed by atoms with E-state index in [2.05, 4.69) is 14.2 Å². The topological polar surface area (TPSA) is 70.7 Å². The third-order valence-electron chi connectivity index (χ3n) is 1.43. The third-order valence-corrected chi connectivity index (χ3v) is 2.22. The summed E-state index contributed by atoms with van der Waals surface area (Å²) < 4.78 is 8.55. The standard InChI is InChI=1S/C7H11N3O3S/c1-4-13-7(11)8-6-5(2)10(12-3)9-14-6/h4H2,1-3H3. The molecular weight excluding hydrogens is 206 g/mol. The second-order valence-corrected chi connectivity index (χ2v) is 3.06. The third kappa shape index (κ3) is 2.32. The minimum Gasteiger partial charge on any atom is -0.600 e. The zero-order valence-corrected chi connectivity index (χ0v) is 9.00. The summed E-state index contributed by atoms with van der Waals surface area (Å²) in [5, 5.41) is 11.5. The minimum absolute atomic E-state index is 0.310. The number of aromatic nitrogens is 2. The summed E-state index contributed by atoms with van der Waals surface area (Å²) in [7, 11) is 1.49. The highest BCUT2D eigenvalue weighted by atomic mass is 32.1. The highest BCUT2D eigenvalue weighted by molar-refractivity contribution is 7.09. The quantitative estimate of drug-likeness (QED) is 0.377. The first-order valence-electron chi connectivity index (χ1n) is 4.00. The van der Waals surface area contributed by atoms with E-state index < -0.39 is 6.08 Å². The Hall–Kier alpha value is -1.37. The Balaban J connectivity index is 2.86. The van der Waals surface area contributed by atoms with Gasteiger partial charge in [0.25, 0.3) is 0 Å². The van der Waals surface area contributed by atoms with Gasteiger partial charge in [0.2, 0.25) is 5.00 Å². The van der Waals surface area contributed by atoms with Gasteiger partial charge in [-0.15, -0.1) is 0 Å². The van der Waals surface area contributed by atoms with Gasteiger partial charge in [0, 0.05) is 6.92 Å². The molecule has 0 unspecified atom stereocenters. The van der Waals surface area contributed by atoms with Crippen LogP contribution < -0.4 is 14.8 Å². The zero-order chi connectivity index (χ0) is 10.6. The fraction of sp³-hybridized carbons (Fsp3) is 0.571. The van der Waals surface area contributed by atoms with Crippen molar-refractivity contribution in [1.82, 2.24) is 4.49 Å². The number of ether oxygens (including phenoxy) is 1. The summed E-state index contributed by atoms with van der Waals surface area (Å²) in [6.07, 6.45) is -0.609. The molecule has 0 saturated carbocycles. The summed E-state index contributed by atoms with van der Waals surface area (Å²) in [4.78, 5) is 9.88. The van der Waals surface area contributed by atoms with Crippen LogP contribution in [-0.2, 0) is 4.74 Å². The van der Waals surface area contributed by atoms with Crippen LogP contribution in [0.2, 0.25) is 0 Å². The molecule has 14 heavy (non-hydrogen) atoms. The predicted octanol–water partition coefficient (Wildman–Crippen LogP) is -0.818. The molecule has 0 radical (unpaired) electrons. The molecule has 0 spiro atoms. The van der Waals surface area contributed by atoms with Crippen molar-refractivity contribution in [2.75, 3.05) is 13.7 Å². The van der Waals surface area contributed by atoms with Crippen molar-refractivity contribution in [3.05, 3.63) is 5.69 Å². The molecule has 1 heterocycles. The Kier molecular flexibility index (Phi) is 3.63. The molecule has 78 valence electrons. The molecular formula is C7H11N3O3S. The van der Waals surface area contributed by atoms with Crippen molar-refractivity contribution in [2.45, 2.75) is 13.8 Å². The van der Waals surface area contributed by atoms with E-state index in [1.54, 1.807) is 13.8 Å². The fourth-order valence-electron chi connectivity index (χ4n) is 0.795. The monoisotopic (exact) mass is 217 g/mol. The predicted molar refractivity (Wildman–Crippen MR) is 48.3 cm³/mol. The minimum atomic E-state index is -0.609. The van der Waals surface area contributed by atoms with Gasteiger partial charge in [-0.3, -0.25) is 0 Å². The highest BCUT2D eigenvalue weighted by Gasteiger charge is 2.18. The number of hydrogen-bond acceptors (Lipinski definition) is 6. The van der Waals surface area contributed by atoms with Crippen molar-refractivity contribution < 1.29 is 19.5 Å².